The van der Waals surface area contributed by atoms with E-state index in [4.69, 9.17) is 22.1 Å². The molecule has 1 aromatic rings. The lowest BCUT2D eigenvalue weighted by atomic mass is 9.85. The molecule has 1 aliphatic rings. The van der Waals surface area contributed by atoms with Crippen molar-refractivity contribution in [3.05, 3.63) is 34.6 Å². The maximum atomic E-state index is 13.5. The maximum Gasteiger partial charge on any atom is 0.126 e. The third kappa shape index (κ3) is 2.73. The van der Waals surface area contributed by atoms with Crippen molar-refractivity contribution >= 4 is 11.6 Å². The first kappa shape index (κ1) is 11.8. The fourth-order valence-corrected chi connectivity index (χ4v) is 2.21. The normalized spacial score (nSPS) is 19.7. The van der Waals surface area contributed by atoms with Crippen molar-refractivity contribution < 1.29 is 9.13 Å². The average Bonchev–Trinajstić information content (AvgIpc) is 2.24. The van der Waals surface area contributed by atoms with Gasteiger partial charge >= 0.3 is 0 Å². The number of halogens is 2. The second kappa shape index (κ2) is 4.70. The molecule has 1 saturated heterocycles. The lowest BCUT2D eigenvalue weighted by Gasteiger charge is -2.33. The predicted molar refractivity (Wildman–Crippen MR) is 62.1 cm³/mol. The lowest BCUT2D eigenvalue weighted by Crippen LogP contribution is -2.47. The van der Waals surface area contributed by atoms with Gasteiger partial charge in [-0.2, -0.15) is 0 Å². The highest BCUT2D eigenvalue weighted by Crippen LogP contribution is 2.25. The summed E-state index contributed by atoms with van der Waals surface area (Å²) < 4.78 is 18.8. The Kier molecular flexibility index (Phi) is 3.47. The molecular formula is C12H15ClFNO. The molecule has 0 bridgehead atoms. The summed E-state index contributed by atoms with van der Waals surface area (Å²) in [5.74, 6) is -0.235. The van der Waals surface area contributed by atoms with Gasteiger partial charge in [-0.05, 0) is 43.0 Å². The second-order valence-electron chi connectivity index (χ2n) is 4.39. The largest absolute Gasteiger partial charge is 0.381 e. The molecular weight excluding hydrogens is 229 g/mol. The van der Waals surface area contributed by atoms with E-state index < -0.39 is 0 Å². The van der Waals surface area contributed by atoms with Crippen LogP contribution >= 0.6 is 11.6 Å². The van der Waals surface area contributed by atoms with Crippen LogP contribution in [0.15, 0.2) is 18.2 Å². The Morgan fingerprint density at radius 2 is 2.06 bits per heavy atom. The molecule has 88 valence electrons. The molecule has 0 unspecified atom stereocenters. The second-order valence-corrected chi connectivity index (χ2v) is 4.82. The number of benzene rings is 1. The first-order chi connectivity index (χ1) is 7.59. The van der Waals surface area contributed by atoms with Crippen LogP contribution in [0.25, 0.3) is 0 Å². The van der Waals surface area contributed by atoms with Crippen LogP contribution in [0.5, 0.6) is 0 Å². The number of ether oxygens (including phenoxy) is 1. The minimum Gasteiger partial charge on any atom is -0.381 e. The van der Waals surface area contributed by atoms with E-state index in [1.54, 1.807) is 12.1 Å². The van der Waals surface area contributed by atoms with Crippen molar-refractivity contribution in [3.63, 3.8) is 0 Å². The summed E-state index contributed by atoms with van der Waals surface area (Å²) in [6.07, 6.45) is 2.04. The van der Waals surface area contributed by atoms with Crippen molar-refractivity contribution in [2.75, 3.05) is 13.2 Å². The summed E-state index contributed by atoms with van der Waals surface area (Å²) in [5, 5.41) is 0.548. The summed E-state index contributed by atoms with van der Waals surface area (Å²) in [6.45, 7) is 1.30. The summed E-state index contributed by atoms with van der Waals surface area (Å²) in [4.78, 5) is 0. The fraction of sp³-hybridized carbons (Fsp3) is 0.500. The standard InChI is InChI=1S/C12H15ClFNO/c13-10-1-2-11(14)9(7-10)8-12(15)3-5-16-6-4-12/h1-2,7H,3-6,8,15H2. The van der Waals surface area contributed by atoms with Crippen molar-refractivity contribution in [1.29, 1.82) is 0 Å². The zero-order valence-corrected chi connectivity index (χ0v) is 9.77. The third-order valence-corrected chi connectivity index (χ3v) is 3.27. The Hall–Kier alpha value is -0.640. The minimum atomic E-state index is -0.357. The summed E-state index contributed by atoms with van der Waals surface area (Å²) >= 11 is 5.85. The third-order valence-electron chi connectivity index (χ3n) is 3.04. The number of hydrogen-bond donors (Lipinski definition) is 1. The SMILES string of the molecule is NC1(Cc2cc(Cl)ccc2F)CCOCC1. The Morgan fingerprint density at radius 1 is 1.38 bits per heavy atom. The van der Waals surface area contributed by atoms with Crippen molar-refractivity contribution in [3.8, 4) is 0 Å². The van der Waals surface area contributed by atoms with Crippen LogP contribution in [0.1, 0.15) is 18.4 Å². The highest BCUT2D eigenvalue weighted by atomic mass is 35.5. The fourth-order valence-electron chi connectivity index (χ4n) is 2.01. The molecule has 0 saturated carbocycles. The molecule has 2 nitrogen and oxygen atoms in total. The van der Waals surface area contributed by atoms with Gasteiger partial charge in [0.25, 0.3) is 0 Å². The highest BCUT2D eigenvalue weighted by molar-refractivity contribution is 6.30. The van der Waals surface area contributed by atoms with Crippen LogP contribution in [0, 0.1) is 5.82 Å². The Balaban J connectivity index is 2.15. The molecule has 1 heterocycles. The van der Waals surface area contributed by atoms with Crippen LogP contribution in [0.2, 0.25) is 5.02 Å². The van der Waals surface area contributed by atoms with Gasteiger partial charge in [-0.25, -0.2) is 4.39 Å². The van der Waals surface area contributed by atoms with E-state index in [-0.39, 0.29) is 11.4 Å². The van der Waals surface area contributed by atoms with E-state index >= 15 is 0 Å². The molecule has 0 spiro atoms. The average molecular weight is 244 g/mol. The van der Waals surface area contributed by atoms with Gasteiger partial charge in [-0.3, -0.25) is 0 Å². The minimum absolute atomic E-state index is 0.235. The van der Waals surface area contributed by atoms with Crippen molar-refractivity contribution in [2.24, 2.45) is 5.73 Å². The monoisotopic (exact) mass is 243 g/mol. The van der Waals surface area contributed by atoms with Gasteiger partial charge in [0.15, 0.2) is 0 Å². The van der Waals surface area contributed by atoms with Crippen LogP contribution in [0.4, 0.5) is 4.39 Å². The van der Waals surface area contributed by atoms with E-state index in [9.17, 15) is 4.39 Å². The summed E-state index contributed by atoms with van der Waals surface area (Å²) in [7, 11) is 0. The Morgan fingerprint density at radius 3 is 2.75 bits per heavy atom. The van der Waals surface area contributed by atoms with Gasteiger partial charge in [-0.15, -0.1) is 0 Å². The smallest absolute Gasteiger partial charge is 0.126 e. The Labute approximate surface area is 99.5 Å². The number of rotatable bonds is 2. The van der Waals surface area contributed by atoms with Crippen LogP contribution in [0.3, 0.4) is 0 Å². The summed E-state index contributed by atoms with van der Waals surface area (Å²) in [5.41, 5.74) is 6.46. The maximum absolute atomic E-state index is 13.5. The molecule has 0 amide bonds. The molecule has 2 rings (SSSR count). The van der Waals surface area contributed by atoms with Gasteiger partial charge < -0.3 is 10.5 Å². The van der Waals surface area contributed by atoms with Gasteiger partial charge in [0, 0.05) is 23.8 Å². The first-order valence-electron chi connectivity index (χ1n) is 5.40. The molecule has 0 atom stereocenters. The highest BCUT2D eigenvalue weighted by Gasteiger charge is 2.29. The van der Waals surface area contributed by atoms with E-state index in [0.717, 1.165) is 12.8 Å². The van der Waals surface area contributed by atoms with Crippen molar-refractivity contribution in [2.45, 2.75) is 24.8 Å². The molecule has 16 heavy (non-hydrogen) atoms. The molecule has 0 aliphatic carbocycles. The number of nitrogens with two attached hydrogens (primary N) is 1. The van der Waals surface area contributed by atoms with E-state index in [1.807, 2.05) is 0 Å². The molecule has 1 fully saturated rings. The van der Waals surface area contributed by atoms with E-state index in [0.29, 0.717) is 30.2 Å². The van der Waals surface area contributed by atoms with Crippen LogP contribution in [-0.4, -0.2) is 18.8 Å². The van der Waals surface area contributed by atoms with Crippen LogP contribution in [-0.2, 0) is 11.2 Å². The first-order valence-corrected chi connectivity index (χ1v) is 5.77. The molecule has 2 N–H and O–H groups in total. The number of hydrogen-bond acceptors (Lipinski definition) is 2. The molecule has 1 aromatic carbocycles. The molecule has 1 aliphatic heterocycles. The van der Waals surface area contributed by atoms with Gasteiger partial charge in [-0.1, -0.05) is 11.6 Å². The quantitative estimate of drug-likeness (QED) is 0.866. The molecule has 0 aromatic heterocycles. The van der Waals surface area contributed by atoms with Crippen molar-refractivity contribution in [1.82, 2.24) is 0 Å². The van der Waals surface area contributed by atoms with Crippen LogP contribution < -0.4 is 5.73 Å². The Bertz CT molecular complexity index is 377. The zero-order chi connectivity index (χ0) is 11.6. The van der Waals surface area contributed by atoms with Gasteiger partial charge in [0.2, 0.25) is 0 Å². The van der Waals surface area contributed by atoms with E-state index in [1.165, 1.54) is 6.07 Å². The lowest BCUT2D eigenvalue weighted by molar-refractivity contribution is 0.0531. The van der Waals surface area contributed by atoms with E-state index in [2.05, 4.69) is 0 Å². The zero-order valence-electron chi connectivity index (χ0n) is 9.01. The molecule has 4 heteroatoms. The van der Waals surface area contributed by atoms with Gasteiger partial charge in [0.05, 0.1) is 0 Å². The molecule has 0 radical (unpaired) electrons. The predicted octanol–water partition coefficient (Wildman–Crippen LogP) is 2.53. The topological polar surface area (TPSA) is 35.2 Å². The summed E-state index contributed by atoms with van der Waals surface area (Å²) in [6, 6.07) is 4.59. The van der Waals surface area contributed by atoms with Gasteiger partial charge in [0.1, 0.15) is 5.82 Å².